The summed E-state index contributed by atoms with van der Waals surface area (Å²) in [6.45, 7) is 3.78. The second-order valence-corrected chi connectivity index (χ2v) is 4.75. The van der Waals surface area contributed by atoms with E-state index >= 15 is 0 Å². The predicted octanol–water partition coefficient (Wildman–Crippen LogP) is 2.75. The van der Waals surface area contributed by atoms with Crippen LogP contribution in [0.25, 0.3) is 0 Å². The molecule has 5 nitrogen and oxygen atoms in total. The smallest absolute Gasteiger partial charge is 0.235 e. The van der Waals surface area contributed by atoms with E-state index in [2.05, 4.69) is 10.5 Å². The number of carbonyl (C=O) groups is 1. The van der Waals surface area contributed by atoms with E-state index in [1.54, 1.807) is 18.2 Å². The molecule has 0 fully saturated rings. The van der Waals surface area contributed by atoms with Gasteiger partial charge in [-0.3, -0.25) is 4.79 Å². The molecule has 6 heteroatoms. The van der Waals surface area contributed by atoms with Crippen LogP contribution >= 0.6 is 11.6 Å². The lowest BCUT2D eigenvalue weighted by Gasteiger charge is -2.15. The van der Waals surface area contributed by atoms with Crippen molar-refractivity contribution in [1.29, 1.82) is 0 Å². The lowest BCUT2D eigenvalue weighted by Crippen LogP contribution is -2.34. The van der Waals surface area contributed by atoms with Crippen molar-refractivity contribution in [2.24, 2.45) is 16.8 Å². The Labute approximate surface area is 117 Å². The number of nitrogens with one attached hydrogen (secondary N) is 1. The SMILES string of the molecule is CCCC(C(=O)Nc1ccc(Cl)cc1C)C(N)=NO. The summed E-state index contributed by atoms with van der Waals surface area (Å²) in [5, 5.41) is 15.0. The third-order valence-corrected chi connectivity index (χ3v) is 3.05. The minimum Gasteiger partial charge on any atom is -0.409 e. The number of hydrogen-bond donors (Lipinski definition) is 3. The lowest BCUT2D eigenvalue weighted by molar-refractivity contribution is -0.118. The van der Waals surface area contributed by atoms with Crippen LogP contribution in [0.4, 0.5) is 5.69 Å². The highest BCUT2D eigenvalue weighted by atomic mass is 35.5. The van der Waals surface area contributed by atoms with Gasteiger partial charge in [-0.2, -0.15) is 0 Å². The Morgan fingerprint density at radius 1 is 1.58 bits per heavy atom. The number of amidine groups is 1. The first-order valence-corrected chi connectivity index (χ1v) is 6.41. The zero-order chi connectivity index (χ0) is 14.4. The van der Waals surface area contributed by atoms with Gasteiger partial charge in [0.1, 0.15) is 0 Å². The van der Waals surface area contributed by atoms with E-state index in [1.807, 2.05) is 13.8 Å². The average molecular weight is 284 g/mol. The second-order valence-electron chi connectivity index (χ2n) is 4.31. The summed E-state index contributed by atoms with van der Waals surface area (Å²) < 4.78 is 0. The molecule has 1 unspecified atom stereocenters. The average Bonchev–Trinajstić information content (AvgIpc) is 2.38. The van der Waals surface area contributed by atoms with E-state index in [4.69, 9.17) is 22.5 Å². The van der Waals surface area contributed by atoms with Crippen LogP contribution in [0.5, 0.6) is 0 Å². The summed E-state index contributed by atoms with van der Waals surface area (Å²) in [5.74, 6) is -1.00. The van der Waals surface area contributed by atoms with Crippen molar-refractivity contribution in [3.8, 4) is 0 Å². The molecule has 19 heavy (non-hydrogen) atoms. The van der Waals surface area contributed by atoms with E-state index in [1.165, 1.54) is 0 Å². The van der Waals surface area contributed by atoms with Gasteiger partial charge in [0.25, 0.3) is 0 Å². The summed E-state index contributed by atoms with van der Waals surface area (Å²) in [6, 6.07) is 5.18. The number of benzene rings is 1. The molecule has 0 spiro atoms. The Kier molecular flexibility index (Phi) is 5.63. The number of nitrogens with zero attached hydrogens (tertiary/aromatic N) is 1. The molecule has 0 aliphatic rings. The number of rotatable bonds is 5. The van der Waals surface area contributed by atoms with E-state index in [-0.39, 0.29) is 11.7 Å². The Hall–Kier alpha value is -1.75. The first-order chi connectivity index (χ1) is 8.99. The van der Waals surface area contributed by atoms with Crippen molar-refractivity contribution < 1.29 is 10.0 Å². The highest BCUT2D eigenvalue weighted by Gasteiger charge is 2.22. The fourth-order valence-electron chi connectivity index (χ4n) is 1.76. The standard InChI is InChI=1S/C13H18ClN3O2/c1-3-4-10(12(15)17-19)13(18)16-11-6-5-9(14)7-8(11)2/h5-7,10,19H,3-4H2,1-2H3,(H2,15,17)(H,16,18). The molecule has 1 amide bonds. The number of hydrogen-bond acceptors (Lipinski definition) is 3. The molecule has 1 atom stereocenters. The third kappa shape index (κ3) is 4.13. The third-order valence-electron chi connectivity index (χ3n) is 2.81. The van der Waals surface area contributed by atoms with Gasteiger partial charge in [0.15, 0.2) is 5.84 Å². The predicted molar refractivity (Wildman–Crippen MR) is 76.6 cm³/mol. The van der Waals surface area contributed by atoms with Gasteiger partial charge in [-0.1, -0.05) is 30.1 Å². The van der Waals surface area contributed by atoms with Gasteiger partial charge >= 0.3 is 0 Å². The molecule has 1 aromatic rings. The largest absolute Gasteiger partial charge is 0.409 e. The minimum absolute atomic E-state index is 0.0778. The van der Waals surface area contributed by atoms with Crippen molar-refractivity contribution in [3.63, 3.8) is 0 Å². The molecule has 0 saturated carbocycles. The van der Waals surface area contributed by atoms with Gasteiger partial charge in [-0.15, -0.1) is 0 Å². The quantitative estimate of drug-likeness (QED) is 0.336. The van der Waals surface area contributed by atoms with Gasteiger partial charge in [0, 0.05) is 10.7 Å². The minimum atomic E-state index is -0.634. The van der Waals surface area contributed by atoms with Crippen LogP contribution in [-0.4, -0.2) is 17.0 Å². The van der Waals surface area contributed by atoms with Crippen LogP contribution in [0.1, 0.15) is 25.3 Å². The Morgan fingerprint density at radius 3 is 2.79 bits per heavy atom. The van der Waals surface area contributed by atoms with Crippen LogP contribution < -0.4 is 11.1 Å². The number of anilines is 1. The fourth-order valence-corrected chi connectivity index (χ4v) is 1.99. The molecule has 0 aliphatic heterocycles. The number of aryl methyl sites for hydroxylation is 1. The number of oxime groups is 1. The molecule has 0 heterocycles. The topological polar surface area (TPSA) is 87.7 Å². The zero-order valence-electron chi connectivity index (χ0n) is 11.0. The van der Waals surface area contributed by atoms with Crippen LogP contribution in [0.3, 0.4) is 0 Å². The monoisotopic (exact) mass is 283 g/mol. The van der Waals surface area contributed by atoms with E-state index in [0.29, 0.717) is 17.1 Å². The molecule has 1 aromatic carbocycles. The lowest BCUT2D eigenvalue weighted by atomic mass is 10.0. The van der Waals surface area contributed by atoms with Crippen molar-refractivity contribution in [2.75, 3.05) is 5.32 Å². The molecule has 0 bridgehead atoms. The Bertz CT molecular complexity index is 489. The summed E-state index contributed by atoms with van der Waals surface area (Å²) in [7, 11) is 0. The molecule has 0 aromatic heterocycles. The van der Waals surface area contributed by atoms with Crippen molar-refractivity contribution in [1.82, 2.24) is 0 Å². The fraction of sp³-hybridized carbons (Fsp3) is 0.385. The molecule has 1 rings (SSSR count). The van der Waals surface area contributed by atoms with Crippen LogP contribution in [0.2, 0.25) is 5.02 Å². The molecular weight excluding hydrogens is 266 g/mol. The van der Waals surface area contributed by atoms with Gasteiger partial charge in [-0.05, 0) is 37.1 Å². The Balaban J connectivity index is 2.87. The van der Waals surface area contributed by atoms with E-state index < -0.39 is 5.92 Å². The first kappa shape index (κ1) is 15.3. The number of nitrogens with two attached hydrogens (primary N) is 1. The summed E-state index contributed by atoms with van der Waals surface area (Å²) in [6.07, 6.45) is 1.28. The maximum absolute atomic E-state index is 12.1. The van der Waals surface area contributed by atoms with Crippen LogP contribution in [0.15, 0.2) is 23.4 Å². The van der Waals surface area contributed by atoms with Crippen LogP contribution in [0, 0.1) is 12.8 Å². The summed E-state index contributed by atoms with van der Waals surface area (Å²) >= 11 is 5.85. The Morgan fingerprint density at radius 2 is 2.26 bits per heavy atom. The van der Waals surface area contributed by atoms with Gasteiger partial charge in [0.05, 0.1) is 5.92 Å². The highest BCUT2D eigenvalue weighted by Crippen LogP contribution is 2.21. The molecule has 0 aliphatic carbocycles. The van der Waals surface area contributed by atoms with Gasteiger partial charge < -0.3 is 16.3 Å². The van der Waals surface area contributed by atoms with E-state index in [0.717, 1.165) is 12.0 Å². The summed E-state index contributed by atoms with van der Waals surface area (Å²) in [4.78, 5) is 12.1. The second kappa shape index (κ2) is 6.99. The van der Waals surface area contributed by atoms with Gasteiger partial charge in [0.2, 0.25) is 5.91 Å². The number of carbonyl (C=O) groups excluding carboxylic acids is 1. The molecular formula is C13H18ClN3O2. The van der Waals surface area contributed by atoms with Crippen molar-refractivity contribution in [2.45, 2.75) is 26.7 Å². The van der Waals surface area contributed by atoms with Crippen molar-refractivity contribution in [3.05, 3.63) is 28.8 Å². The van der Waals surface area contributed by atoms with Crippen LogP contribution in [-0.2, 0) is 4.79 Å². The summed E-state index contributed by atoms with van der Waals surface area (Å²) in [5.41, 5.74) is 7.06. The first-order valence-electron chi connectivity index (χ1n) is 6.04. The highest BCUT2D eigenvalue weighted by molar-refractivity contribution is 6.30. The maximum Gasteiger partial charge on any atom is 0.235 e. The van der Waals surface area contributed by atoms with Gasteiger partial charge in [-0.25, -0.2) is 0 Å². The number of amides is 1. The normalized spacial score (nSPS) is 13.1. The molecule has 0 radical (unpaired) electrons. The molecule has 104 valence electrons. The molecule has 4 N–H and O–H groups in total. The molecule has 0 saturated heterocycles. The number of halogens is 1. The zero-order valence-corrected chi connectivity index (χ0v) is 11.7. The van der Waals surface area contributed by atoms with E-state index in [9.17, 15) is 4.79 Å². The maximum atomic E-state index is 12.1. The van der Waals surface area contributed by atoms with Crippen molar-refractivity contribution >= 4 is 29.0 Å².